The number of aromatic nitrogens is 5. The Kier molecular flexibility index (Phi) is 5.98. The first-order valence-corrected chi connectivity index (χ1v) is 11.5. The van der Waals surface area contributed by atoms with Gasteiger partial charge in [-0.3, -0.25) is 10.1 Å². The van der Waals surface area contributed by atoms with Crippen molar-refractivity contribution in [2.75, 3.05) is 18.4 Å². The fourth-order valence-electron chi connectivity index (χ4n) is 3.37. The number of hydrogen-bond acceptors (Lipinski definition) is 9. The molecule has 0 saturated carbocycles. The third-order valence-electron chi connectivity index (χ3n) is 5.00. The lowest BCUT2D eigenvalue weighted by Crippen LogP contribution is -2.30. The van der Waals surface area contributed by atoms with Gasteiger partial charge in [0.2, 0.25) is 21.7 Å². The maximum Gasteiger partial charge on any atom is 0.356 e. The van der Waals surface area contributed by atoms with E-state index in [1.807, 2.05) is 0 Å². The molecule has 0 amide bonds. The van der Waals surface area contributed by atoms with Gasteiger partial charge in [0.05, 0.1) is 15.3 Å². The van der Waals surface area contributed by atoms with Gasteiger partial charge in [0.25, 0.3) is 0 Å². The van der Waals surface area contributed by atoms with Crippen molar-refractivity contribution in [1.82, 2.24) is 29.3 Å². The van der Waals surface area contributed by atoms with Crippen LogP contribution in [0, 0.1) is 10.1 Å². The van der Waals surface area contributed by atoms with Crippen LogP contribution in [0.15, 0.2) is 59.8 Å². The summed E-state index contributed by atoms with van der Waals surface area (Å²) in [5.74, 6) is -0.115. The Labute approximate surface area is 189 Å². The van der Waals surface area contributed by atoms with Crippen LogP contribution in [0.1, 0.15) is 13.8 Å². The van der Waals surface area contributed by atoms with Crippen molar-refractivity contribution < 1.29 is 13.3 Å². The van der Waals surface area contributed by atoms with Gasteiger partial charge in [0.1, 0.15) is 11.8 Å². The highest BCUT2D eigenvalue weighted by Gasteiger charge is 2.27. The van der Waals surface area contributed by atoms with E-state index in [2.05, 4.69) is 25.6 Å². The molecule has 33 heavy (non-hydrogen) atoms. The van der Waals surface area contributed by atoms with Crippen molar-refractivity contribution in [3.05, 3.63) is 65.0 Å². The Morgan fingerprint density at radius 3 is 2.42 bits per heavy atom. The molecule has 170 valence electrons. The highest BCUT2D eigenvalue weighted by atomic mass is 32.2. The second kappa shape index (κ2) is 8.88. The predicted octanol–water partition coefficient (Wildman–Crippen LogP) is 2.89. The zero-order valence-electron chi connectivity index (χ0n) is 17.8. The van der Waals surface area contributed by atoms with E-state index in [-0.39, 0.29) is 16.5 Å². The number of nitrogens with one attached hydrogen (secondary N) is 1. The lowest BCUT2D eigenvalue weighted by molar-refractivity contribution is -0.384. The van der Waals surface area contributed by atoms with Gasteiger partial charge < -0.3 is 5.32 Å². The first kappa shape index (κ1) is 22.2. The Hall–Kier alpha value is -3.97. The first-order valence-electron chi connectivity index (χ1n) is 10.0. The summed E-state index contributed by atoms with van der Waals surface area (Å²) in [5.41, 5.74) is 1.14. The molecule has 1 N–H and O–H groups in total. The molecule has 0 atom stereocenters. The van der Waals surface area contributed by atoms with E-state index in [0.29, 0.717) is 29.8 Å². The fourth-order valence-corrected chi connectivity index (χ4v) is 4.83. The van der Waals surface area contributed by atoms with Crippen LogP contribution in [0.25, 0.3) is 16.9 Å². The smallest absolute Gasteiger partial charge is 0.334 e. The molecule has 0 aliphatic heterocycles. The monoisotopic (exact) mass is 468 g/mol. The van der Waals surface area contributed by atoms with Gasteiger partial charge in [0.15, 0.2) is 0 Å². The van der Waals surface area contributed by atoms with Crippen molar-refractivity contribution >= 4 is 38.2 Å². The third-order valence-corrected chi connectivity index (χ3v) is 7.06. The number of rotatable bonds is 8. The molecule has 0 unspecified atom stereocenters. The molecule has 4 rings (SSSR count). The largest absolute Gasteiger partial charge is 0.356 e. The second-order valence-electron chi connectivity index (χ2n) is 6.88. The minimum absolute atomic E-state index is 0.0491. The van der Waals surface area contributed by atoms with Crippen molar-refractivity contribution in [2.45, 2.75) is 18.7 Å². The summed E-state index contributed by atoms with van der Waals surface area (Å²) in [6, 6.07) is 12.9. The number of anilines is 2. The predicted molar refractivity (Wildman–Crippen MR) is 121 cm³/mol. The standard InChI is InChI=1S/C20H20N8O4S/c1-3-26(4-2)33(31,32)15-11-9-14(10-12-15)23-19-18(28(29)30)20(22-13-21-19)27-17-8-6-5-7-16(17)24-25-27/h5-13H,3-4H2,1-2H3,(H,21,22,23). The van der Waals surface area contributed by atoms with Crippen LogP contribution in [0.2, 0.25) is 0 Å². The first-order chi connectivity index (χ1) is 15.9. The van der Waals surface area contributed by atoms with Gasteiger partial charge in [-0.1, -0.05) is 31.2 Å². The summed E-state index contributed by atoms with van der Waals surface area (Å²) in [4.78, 5) is 19.5. The number of benzene rings is 2. The van der Waals surface area contributed by atoms with Crippen LogP contribution in [0.4, 0.5) is 17.2 Å². The number of para-hydroxylation sites is 1. The fraction of sp³-hybridized carbons (Fsp3) is 0.200. The molecule has 0 radical (unpaired) electrons. The molecular formula is C20H20N8O4S. The van der Waals surface area contributed by atoms with E-state index in [4.69, 9.17) is 0 Å². The molecule has 2 heterocycles. The van der Waals surface area contributed by atoms with E-state index in [1.165, 1.54) is 39.6 Å². The summed E-state index contributed by atoms with van der Waals surface area (Å²) in [7, 11) is -3.62. The molecule has 13 heteroatoms. The topological polar surface area (TPSA) is 149 Å². The lowest BCUT2D eigenvalue weighted by Gasteiger charge is -2.18. The van der Waals surface area contributed by atoms with Gasteiger partial charge in [-0.05, 0) is 36.4 Å². The number of hydrogen-bond donors (Lipinski definition) is 1. The van der Waals surface area contributed by atoms with Gasteiger partial charge >= 0.3 is 5.69 Å². The SMILES string of the molecule is CCN(CC)S(=O)(=O)c1ccc(Nc2ncnc(-n3nnc4ccccc43)c2[N+](=O)[O-])cc1. The van der Waals surface area contributed by atoms with E-state index in [9.17, 15) is 18.5 Å². The minimum Gasteiger partial charge on any atom is -0.334 e. The molecule has 2 aromatic heterocycles. The minimum atomic E-state index is -3.62. The summed E-state index contributed by atoms with van der Waals surface area (Å²) in [5, 5.41) is 22.8. The van der Waals surface area contributed by atoms with Gasteiger partial charge in [-0.25, -0.2) is 18.4 Å². The molecule has 12 nitrogen and oxygen atoms in total. The van der Waals surface area contributed by atoms with Crippen molar-refractivity contribution in [2.24, 2.45) is 0 Å². The van der Waals surface area contributed by atoms with Crippen LogP contribution < -0.4 is 5.32 Å². The Morgan fingerprint density at radius 2 is 1.76 bits per heavy atom. The van der Waals surface area contributed by atoms with Crippen LogP contribution in [0.3, 0.4) is 0 Å². The van der Waals surface area contributed by atoms with E-state index >= 15 is 0 Å². The van der Waals surface area contributed by atoms with E-state index in [0.717, 1.165) is 0 Å². The number of fused-ring (bicyclic) bond motifs is 1. The Balaban J connectivity index is 1.71. The molecule has 4 aromatic rings. The van der Waals surface area contributed by atoms with E-state index in [1.54, 1.807) is 38.1 Å². The maximum absolute atomic E-state index is 12.7. The third kappa shape index (κ3) is 4.10. The van der Waals surface area contributed by atoms with Crippen molar-refractivity contribution in [3.8, 4) is 5.82 Å². The summed E-state index contributed by atoms with van der Waals surface area (Å²) in [6.45, 7) is 4.24. The zero-order chi connectivity index (χ0) is 23.6. The molecule has 2 aromatic carbocycles. The number of nitro groups is 1. The van der Waals surface area contributed by atoms with Crippen molar-refractivity contribution in [1.29, 1.82) is 0 Å². The number of sulfonamides is 1. The quantitative estimate of drug-likeness (QED) is 0.304. The summed E-state index contributed by atoms with van der Waals surface area (Å²) in [6.07, 6.45) is 1.18. The maximum atomic E-state index is 12.7. The lowest BCUT2D eigenvalue weighted by atomic mass is 10.3. The molecule has 0 saturated heterocycles. The highest BCUT2D eigenvalue weighted by Crippen LogP contribution is 2.31. The average Bonchev–Trinajstić information content (AvgIpc) is 3.24. The normalized spacial score (nSPS) is 11.7. The Morgan fingerprint density at radius 1 is 1.06 bits per heavy atom. The number of nitrogens with zero attached hydrogens (tertiary/aromatic N) is 7. The molecule has 0 aliphatic carbocycles. The Bertz CT molecular complexity index is 1420. The van der Waals surface area contributed by atoms with Crippen LogP contribution in [0.5, 0.6) is 0 Å². The van der Waals surface area contributed by atoms with Gasteiger partial charge in [-0.2, -0.15) is 8.99 Å². The molecule has 0 aliphatic rings. The molecular weight excluding hydrogens is 448 g/mol. The summed E-state index contributed by atoms with van der Waals surface area (Å²) >= 11 is 0. The molecule has 0 fully saturated rings. The van der Waals surface area contributed by atoms with Gasteiger partial charge in [0, 0.05) is 18.8 Å². The average molecular weight is 468 g/mol. The second-order valence-corrected chi connectivity index (χ2v) is 8.82. The van der Waals surface area contributed by atoms with Crippen LogP contribution in [-0.2, 0) is 10.0 Å². The van der Waals surface area contributed by atoms with Gasteiger partial charge in [-0.15, -0.1) is 5.10 Å². The van der Waals surface area contributed by atoms with E-state index < -0.39 is 20.6 Å². The zero-order valence-corrected chi connectivity index (χ0v) is 18.6. The highest BCUT2D eigenvalue weighted by molar-refractivity contribution is 7.89. The molecule has 0 bridgehead atoms. The van der Waals surface area contributed by atoms with Crippen LogP contribution in [-0.4, -0.2) is 55.7 Å². The van der Waals surface area contributed by atoms with Crippen molar-refractivity contribution in [3.63, 3.8) is 0 Å². The molecule has 0 spiro atoms. The van der Waals surface area contributed by atoms with Crippen LogP contribution >= 0.6 is 0 Å². The summed E-state index contributed by atoms with van der Waals surface area (Å²) < 4.78 is 28.0.